The monoisotopic (exact) mass is 322 g/mol. The number of carbonyl (C=O) groups is 1. The number of morpholine rings is 1. The number of ether oxygens (including phenoxy) is 1. The first-order chi connectivity index (χ1) is 11.1. The van der Waals surface area contributed by atoms with Crippen molar-refractivity contribution in [2.24, 2.45) is 0 Å². The second-order valence-corrected chi connectivity index (χ2v) is 5.44. The van der Waals surface area contributed by atoms with Gasteiger partial charge in [-0.2, -0.15) is 0 Å². The highest BCUT2D eigenvalue weighted by molar-refractivity contribution is 5.90. The Morgan fingerprint density at radius 3 is 2.78 bits per heavy atom. The first-order valence-electron chi connectivity index (χ1n) is 7.66. The summed E-state index contributed by atoms with van der Waals surface area (Å²) in [6.45, 7) is 6.65. The highest BCUT2D eigenvalue weighted by Crippen LogP contribution is 2.20. The van der Waals surface area contributed by atoms with Crippen LogP contribution in [0.15, 0.2) is 18.2 Å². The van der Waals surface area contributed by atoms with Crippen LogP contribution < -0.4 is 10.6 Å². The Labute approximate surface area is 134 Å². The van der Waals surface area contributed by atoms with Crippen molar-refractivity contribution in [1.82, 2.24) is 10.2 Å². The lowest BCUT2D eigenvalue weighted by molar-refractivity contribution is -0.384. The maximum absolute atomic E-state index is 11.8. The van der Waals surface area contributed by atoms with Crippen LogP contribution in [0.3, 0.4) is 0 Å². The topological polar surface area (TPSA) is 96.7 Å². The number of nitro benzene ring substituents is 1. The molecule has 0 unspecified atom stereocenters. The molecule has 2 N–H and O–H groups in total. The van der Waals surface area contributed by atoms with Gasteiger partial charge in [0.2, 0.25) is 0 Å². The Kier molecular flexibility index (Phi) is 6.30. The Bertz CT molecular complexity index is 558. The summed E-state index contributed by atoms with van der Waals surface area (Å²) in [7, 11) is 0. The standard InChI is InChI=1S/C15H22N4O4/c1-12-11-13(19(21)22)3-4-14(12)17-15(20)16-5-2-6-18-7-9-23-10-8-18/h3-4,11H,2,5-10H2,1H3,(H2,16,17,20). The number of nitro groups is 1. The number of urea groups is 1. The lowest BCUT2D eigenvalue weighted by Crippen LogP contribution is -2.38. The van der Waals surface area contributed by atoms with Crippen molar-refractivity contribution in [3.63, 3.8) is 0 Å². The zero-order valence-corrected chi connectivity index (χ0v) is 13.2. The number of nitrogens with zero attached hydrogens (tertiary/aromatic N) is 2. The number of hydrogen-bond donors (Lipinski definition) is 2. The summed E-state index contributed by atoms with van der Waals surface area (Å²) in [6.07, 6.45) is 0.868. The predicted molar refractivity (Wildman–Crippen MR) is 86.7 cm³/mol. The van der Waals surface area contributed by atoms with E-state index in [2.05, 4.69) is 15.5 Å². The minimum absolute atomic E-state index is 0.0129. The molecule has 1 aromatic rings. The molecule has 2 amide bonds. The molecule has 1 saturated heterocycles. The number of non-ortho nitro benzene ring substituents is 1. The van der Waals surface area contributed by atoms with E-state index in [9.17, 15) is 14.9 Å². The molecular weight excluding hydrogens is 300 g/mol. The molecule has 1 aliphatic rings. The van der Waals surface area contributed by atoms with Crippen LogP contribution in [0.4, 0.5) is 16.2 Å². The molecule has 0 bridgehead atoms. The van der Waals surface area contributed by atoms with E-state index in [-0.39, 0.29) is 11.7 Å². The van der Waals surface area contributed by atoms with E-state index in [1.165, 1.54) is 12.1 Å². The Morgan fingerprint density at radius 1 is 1.39 bits per heavy atom. The van der Waals surface area contributed by atoms with Gasteiger partial charge in [0, 0.05) is 37.5 Å². The van der Waals surface area contributed by atoms with Crippen LogP contribution in [0.1, 0.15) is 12.0 Å². The van der Waals surface area contributed by atoms with Crippen LogP contribution in [0, 0.1) is 17.0 Å². The van der Waals surface area contributed by atoms with E-state index in [4.69, 9.17) is 4.74 Å². The zero-order chi connectivity index (χ0) is 16.7. The maximum Gasteiger partial charge on any atom is 0.319 e. The first-order valence-corrected chi connectivity index (χ1v) is 7.66. The van der Waals surface area contributed by atoms with Crippen LogP contribution in [-0.2, 0) is 4.74 Å². The van der Waals surface area contributed by atoms with Gasteiger partial charge in [0.05, 0.1) is 18.1 Å². The number of aryl methyl sites for hydroxylation is 1. The number of benzene rings is 1. The van der Waals surface area contributed by atoms with Gasteiger partial charge in [0.15, 0.2) is 0 Å². The Hall–Kier alpha value is -2.19. The molecule has 23 heavy (non-hydrogen) atoms. The highest BCUT2D eigenvalue weighted by Gasteiger charge is 2.11. The second kappa shape index (κ2) is 8.44. The molecule has 8 nitrogen and oxygen atoms in total. The minimum Gasteiger partial charge on any atom is -0.379 e. The van der Waals surface area contributed by atoms with Crippen molar-refractivity contribution in [3.05, 3.63) is 33.9 Å². The normalized spacial score (nSPS) is 15.2. The van der Waals surface area contributed by atoms with Gasteiger partial charge in [-0.25, -0.2) is 4.79 Å². The lowest BCUT2D eigenvalue weighted by Gasteiger charge is -2.26. The summed E-state index contributed by atoms with van der Waals surface area (Å²) < 4.78 is 5.28. The summed E-state index contributed by atoms with van der Waals surface area (Å²) in [5.74, 6) is 0. The van der Waals surface area contributed by atoms with Crippen LogP contribution in [0.2, 0.25) is 0 Å². The van der Waals surface area contributed by atoms with Crippen molar-refractivity contribution in [3.8, 4) is 0 Å². The fourth-order valence-corrected chi connectivity index (χ4v) is 2.40. The Morgan fingerprint density at radius 2 is 2.13 bits per heavy atom. The van der Waals surface area contributed by atoms with E-state index >= 15 is 0 Å². The van der Waals surface area contributed by atoms with Crippen LogP contribution in [0.25, 0.3) is 0 Å². The third kappa shape index (κ3) is 5.50. The van der Waals surface area contributed by atoms with Crippen LogP contribution in [-0.4, -0.2) is 55.2 Å². The smallest absolute Gasteiger partial charge is 0.319 e. The molecule has 8 heteroatoms. The van der Waals surface area contributed by atoms with Gasteiger partial charge in [-0.05, 0) is 31.5 Å². The third-order valence-electron chi connectivity index (χ3n) is 3.71. The summed E-state index contributed by atoms with van der Waals surface area (Å²) in [6, 6.07) is 4.06. The summed E-state index contributed by atoms with van der Waals surface area (Å²) >= 11 is 0. The lowest BCUT2D eigenvalue weighted by atomic mass is 10.2. The van der Waals surface area contributed by atoms with Crippen LogP contribution >= 0.6 is 0 Å². The molecule has 0 spiro atoms. The van der Waals surface area contributed by atoms with Crippen molar-refractivity contribution in [2.75, 3.05) is 44.7 Å². The maximum atomic E-state index is 11.8. The number of amides is 2. The molecule has 0 atom stereocenters. The fourth-order valence-electron chi connectivity index (χ4n) is 2.40. The molecule has 0 saturated carbocycles. The number of nitrogens with one attached hydrogen (secondary N) is 2. The van der Waals surface area contributed by atoms with Crippen molar-refractivity contribution in [2.45, 2.75) is 13.3 Å². The largest absolute Gasteiger partial charge is 0.379 e. The second-order valence-electron chi connectivity index (χ2n) is 5.44. The average Bonchev–Trinajstić information content (AvgIpc) is 2.54. The molecule has 1 aromatic carbocycles. The average molecular weight is 322 g/mol. The van der Waals surface area contributed by atoms with Gasteiger partial charge in [0.1, 0.15) is 0 Å². The number of rotatable bonds is 6. The van der Waals surface area contributed by atoms with Gasteiger partial charge in [-0.15, -0.1) is 0 Å². The van der Waals surface area contributed by atoms with Gasteiger partial charge in [-0.1, -0.05) is 0 Å². The quantitative estimate of drug-likeness (QED) is 0.472. The van der Waals surface area contributed by atoms with Crippen molar-refractivity contribution >= 4 is 17.4 Å². The molecule has 1 aliphatic heterocycles. The van der Waals surface area contributed by atoms with E-state index in [1.54, 1.807) is 13.0 Å². The molecule has 0 aliphatic carbocycles. The van der Waals surface area contributed by atoms with E-state index in [1.807, 2.05) is 0 Å². The van der Waals surface area contributed by atoms with Gasteiger partial charge < -0.3 is 15.4 Å². The molecule has 1 fully saturated rings. The summed E-state index contributed by atoms with van der Waals surface area (Å²) in [5.41, 5.74) is 1.24. The van der Waals surface area contributed by atoms with E-state index in [0.29, 0.717) is 17.8 Å². The first kappa shape index (κ1) is 17.2. The SMILES string of the molecule is Cc1cc([N+](=O)[O-])ccc1NC(=O)NCCCN1CCOCC1. The number of hydrogen-bond acceptors (Lipinski definition) is 5. The summed E-state index contributed by atoms with van der Waals surface area (Å²) in [5, 5.41) is 16.2. The number of anilines is 1. The van der Waals surface area contributed by atoms with E-state index < -0.39 is 4.92 Å². The fraction of sp³-hybridized carbons (Fsp3) is 0.533. The molecule has 126 valence electrons. The third-order valence-corrected chi connectivity index (χ3v) is 3.71. The van der Waals surface area contributed by atoms with Gasteiger partial charge in [-0.3, -0.25) is 15.0 Å². The molecular formula is C15H22N4O4. The highest BCUT2D eigenvalue weighted by atomic mass is 16.6. The molecule has 2 rings (SSSR count). The zero-order valence-electron chi connectivity index (χ0n) is 13.2. The minimum atomic E-state index is -0.456. The summed E-state index contributed by atoms with van der Waals surface area (Å²) in [4.78, 5) is 24.4. The van der Waals surface area contributed by atoms with Crippen molar-refractivity contribution < 1.29 is 14.5 Å². The van der Waals surface area contributed by atoms with Crippen LogP contribution in [0.5, 0.6) is 0 Å². The van der Waals surface area contributed by atoms with E-state index in [0.717, 1.165) is 39.3 Å². The Balaban J connectivity index is 1.71. The molecule has 1 heterocycles. The predicted octanol–water partition coefficient (Wildman–Crippen LogP) is 1.75. The number of carbonyl (C=O) groups excluding carboxylic acids is 1. The van der Waals surface area contributed by atoms with Crippen molar-refractivity contribution in [1.29, 1.82) is 0 Å². The van der Waals surface area contributed by atoms with Gasteiger partial charge in [0.25, 0.3) is 5.69 Å². The van der Waals surface area contributed by atoms with Gasteiger partial charge >= 0.3 is 6.03 Å². The molecule has 0 aromatic heterocycles. The molecule has 0 radical (unpaired) electrons.